The summed E-state index contributed by atoms with van der Waals surface area (Å²) in [6.45, 7) is 1.97. The van der Waals surface area contributed by atoms with Crippen molar-refractivity contribution >= 4 is 12.3 Å². The number of carbonyl (C=O) groups excluding carboxylic acids is 2. The van der Waals surface area contributed by atoms with E-state index in [9.17, 15) is 9.59 Å². The number of nitrogens with zero attached hydrogens (tertiary/aromatic N) is 1. The number of esters is 1. The molecule has 0 aliphatic rings. The van der Waals surface area contributed by atoms with E-state index >= 15 is 0 Å². The van der Waals surface area contributed by atoms with Crippen molar-refractivity contribution in [3.05, 3.63) is 29.6 Å². The third-order valence-electron chi connectivity index (χ3n) is 1.43. The zero-order valence-electron chi connectivity index (χ0n) is 7.19. The molecule has 0 spiro atoms. The van der Waals surface area contributed by atoms with Crippen LogP contribution in [0.5, 0.6) is 0 Å². The molecular formula is C9H9NO3. The lowest BCUT2D eigenvalue weighted by Crippen LogP contribution is -2.09. The first kappa shape index (κ1) is 9.38. The standard InChI is InChI=1S/C9H9NO3/c1-2-13-9(12)8-7(6-11)4-3-5-10-8/h3-6H,2H2,1H3. The van der Waals surface area contributed by atoms with Gasteiger partial charge in [-0.15, -0.1) is 0 Å². The Bertz CT molecular complexity index is 322. The van der Waals surface area contributed by atoms with Crippen LogP contribution in [-0.4, -0.2) is 23.8 Å². The minimum absolute atomic E-state index is 0.0688. The van der Waals surface area contributed by atoms with Gasteiger partial charge in [0.05, 0.1) is 6.61 Å². The average molecular weight is 179 g/mol. The molecule has 0 saturated carbocycles. The highest BCUT2D eigenvalue weighted by Gasteiger charge is 2.12. The van der Waals surface area contributed by atoms with Gasteiger partial charge in [0.2, 0.25) is 0 Å². The summed E-state index contributed by atoms with van der Waals surface area (Å²) in [5.74, 6) is -0.565. The van der Waals surface area contributed by atoms with Crippen LogP contribution in [0, 0.1) is 0 Å². The molecule has 4 heteroatoms. The number of carbonyl (C=O) groups is 2. The zero-order chi connectivity index (χ0) is 9.68. The van der Waals surface area contributed by atoms with Crippen LogP contribution in [0.15, 0.2) is 18.3 Å². The largest absolute Gasteiger partial charge is 0.461 e. The predicted octanol–water partition coefficient (Wildman–Crippen LogP) is 1.07. The summed E-state index contributed by atoms with van der Waals surface area (Å²) in [6, 6.07) is 3.11. The fourth-order valence-electron chi connectivity index (χ4n) is 0.883. The summed E-state index contributed by atoms with van der Waals surface area (Å²) >= 11 is 0. The summed E-state index contributed by atoms with van der Waals surface area (Å²) < 4.78 is 4.71. The van der Waals surface area contributed by atoms with Crippen LogP contribution in [0.25, 0.3) is 0 Å². The first-order valence-corrected chi connectivity index (χ1v) is 3.87. The maximum atomic E-state index is 11.2. The second kappa shape index (κ2) is 4.35. The second-order valence-corrected chi connectivity index (χ2v) is 2.28. The molecule has 0 radical (unpaired) electrons. The molecule has 0 atom stereocenters. The Hall–Kier alpha value is -1.71. The van der Waals surface area contributed by atoms with Gasteiger partial charge in [0.25, 0.3) is 0 Å². The Kier molecular flexibility index (Phi) is 3.14. The lowest BCUT2D eigenvalue weighted by atomic mass is 10.2. The van der Waals surface area contributed by atoms with Crippen molar-refractivity contribution in [1.82, 2.24) is 4.98 Å². The zero-order valence-corrected chi connectivity index (χ0v) is 7.19. The maximum absolute atomic E-state index is 11.2. The Labute approximate surface area is 75.5 Å². The molecule has 68 valence electrons. The Balaban J connectivity index is 2.98. The van der Waals surface area contributed by atoms with E-state index in [4.69, 9.17) is 4.74 Å². The topological polar surface area (TPSA) is 56.3 Å². The van der Waals surface area contributed by atoms with Gasteiger partial charge in [-0.25, -0.2) is 9.78 Å². The summed E-state index contributed by atoms with van der Waals surface area (Å²) in [5, 5.41) is 0. The number of pyridine rings is 1. The van der Waals surface area contributed by atoms with Gasteiger partial charge in [-0.05, 0) is 19.1 Å². The minimum Gasteiger partial charge on any atom is -0.461 e. The van der Waals surface area contributed by atoms with E-state index in [2.05, 4.69) is 4.98 Å². The Morgan fingerprint density at radius 2 is 2.46 bits per heavy atom. The van der Waals surface area contributed by atoms with E-state index in [1.807, 2.05) is 0 Å². The van der Waals surface area contributed by atoms with Crippen molar-refractivity contribution in [2.45, 2.75) is 6.92 Å². The minimum atomic E-state index is -0.565. The average Bonchev–Trinajstić information content (AvgIpc) is 2.18. The molecule has 0 unspecified atom stereocenters. The van der Waals surface area contributed by atoms with Gasteiger partial charge in [0.15, 0.2) is 12.0 Å². The number of ether oxygens (including phenoxy) is 1. The molecular weight excluding hydrogens is 170 g/mol. The highest BCUT2D eigenvalue weighted by atomic mass is 16.5. The molecule has 0 N–H and O–H groups in total. The quantitative estimate of drug-likeness (QED) is 0.514. The maximum Gasteiger partial charge on any atom is 0.357 e. The molecule has 0 saturated heterocycles. The third-order valence-corrected chi connectivity index (χ3v) is 1.43. The normalized spacial score (nSPS) is 9.31. The molecule has 0 bridgehead atoms. The summed E-state index contributed by atoms with van der Waals surface area (Å²) in [5.41, 5.74) is 0.320. The first-order valence-electron chi connectivity index (χ1n) is 3.87. The number of hydrogen-bond donors (Lipinski definition) is 0. The van der Waals surface area contributed by atoms with E-state index in [0.29, 0.717) is 6.29 Å². The second-order valence-electron chi connectivity index (χ2n) is 2.28. The van der Waals surface area contributed by atoms with Crippen molar-refractivity contribution in [3.63, 3.8) is 0 Å². The molecule has 13 heavy (non-hydrogen) atoms. The Morgan fingerprint density at radius 1 is 1.69 bits per heavy atom. The van der Waals surface area contributed by atoms with Crippen LogP contribution in [0.1, 0.15) is 27.8 Å². The van der Waals surface area contributed by atoms with E-state index in [0.717, 1.165) is 0 Å². The van der Waals surface area contributed by atoms with Crippen LogP contribution < -0.4 is 0 Å². The summed E-state index contributed by atoms with van der Waals surface area (Å²) in [7, 11) is 0. The van der Waals surface area contributed by atoms with Crippen molar-refractivity contribution in [3.8, 4) is 0 Å². The molecule has 0 fully saturated rings. The van der Waals surface area contributed by atoms with E-state index in [1.54, 1.807) is 13.0 Å². The monoisotopic (exact) mass is 179 g/mol. The Morgan fingerprint density at radius 3 is 3.08 bits per heavy atom. The van der Waals surface area contributed by atoms with Crippen molar-refractivity contribution in [2.24, 2.45) is 0 Å². The predicted molar refractivity (Wildman–Crippen MR) is 45.6 cm³/mol. The highest BCUT2D eigenvalue weighted by molar-refractivity contribution is 5.96. The van der Waals surface area contributed by atoms with Crippen molar-refractivity contribution in [1.29, 1.82) is 0 Å². The van der Waals surface area contributed by atoms with Gasteiger partial charge in [0, 0.05) is 11.8 Å². The van der Waals surface area contributed by atoms with E-state index in [-0.39, 0.29) is 17.9 Å². The molecule has 1 aromatic rings. The van der Waals surface area contributed by atoms with Gasteiger partial charge < -0.3 is 4.74 Å². The number of aromatic nitrogens is 1. The molecule has 0 aromatic carbocycles. The first-order chi connectivity index (χ1) is 6.29. The van der Waals surface area contributed by atoms with E-state index in [1.165, 1.54) is 12.3 Å². The summed E-state index contributed by atoms with van der Waals surface area (Å²) in [4.78, 5) is 25.4. The fourth-order valence-corrected chi connectivity index (χ4v) is 0.883. The van der Waals surface area contributed by atoms with Gasteiger partial charge >= 0.3 is 5.97 Å². The molecule has 0 amide bonds. The molecule has 1 aromatic heterocycles. The van der Waals surface area contributed by atoms with Gasteiger partial charge in [-0.1, -0.05) is 0 Å². The summed E-state index contributed by atoms with van der Waals surface area (Å²) in [6.07, 6.45) is 2.03. The molecule has 0 aliphatic heterocycles. The molecule has 4 nitrogen and oxygen atoms in total. The van der Waals surface area contributed by atoms with Crippen LogP contribution >= 0.6 is 0 Å². The number of hydrogen-bond acceptors (Lipinski definition) is 4. The lowest BCUT2D eigenvalue weighted by Gasteiger charge is -2.01. The van der Waals surface area contributed by atoms with Crippen molar-refractivity contribution in [2.75, 3.05) is 6.61 Å². The molecule has 0 aliphatic carbocycles. The fraction of sp³-hybridized carbons (Fsp3) is 0.222. The molecule has 1 heterocycles. The van der Waals surface area contributed by atoms with Gasteiger partial charge in [0.1, 0.15) is 0 Å². The van der Waals surface area contributed by atoms with Crippen LogP contribution in [0.2, 0.25) is 0 Å². The number of rotatable bonds is 3. The van der Waals surface area contributed by atoms with Gasteiger partial charge in [-0.2, -0.15) is 0 Å². The third kappa shape index (κ3) is 2.11. The highest BCUT2D eigenvalue weighted by Crippen LogP contribution is 2.03. The smallest absolute Gasteiger partial charge is 0.357 e. The molecule has 1 rings (SSSR count). The SMILES string of the molecule is CCOC(=O)c1ncccc1C=O. The van der Waals surface area contributed by atoms with Crippen LogP contribution in [0.3, 0.4) is 0 Å². The lowest BCUT2D eigenvalue weighted by molar-refractivity contribution is 0.0517. The number of aldehydes is 1. The van der Waals surface area contributed by atoms with E-state index < -0.39 is 5.97 Å². The van der Waals surface area contributed by atoms with Crippen molar-refractivity contribution < 1.29 is 14.3 Å². The van der Waals surface area contributed by atoms with Crippen LogP contribution in [-0.2, 0) is 4.74 Å². The van der Waals surface area contributed by atoms with Gasteiger partial charge in [-0.3, -0.25) is 4.79 Å². The van der Waals surface area contributed by atoms with Crippen LogP contribution in [0.4, 0.5) is 0 Å².